The molecule has 0 bridgehead atoms. The number of aliphatic imine (C=N–C) groups is 2. The molecule has 0 aromatic rings. The molecule has 54 valence electrons. The van der Waals surface area contributed by atoms with E-state index < -0.39 is 0 Å². The minimum absolute atomic E-state index is 0.106. The fraction of sp³-hybridized carbons (Fsp3) is 0.667. The van der Waals surface area contributed by atoms with Crippen LogP contribution in [0.5, 0.6) is 0 Å². The first-order valence-corrected chi connectivity index (χ1v) is 3.32. The van der Waals surface area contributed by atoms with E-state index in [2.05, 4.69) is 27.4 Å². The van der Waals surface area contributed by atoms with Gasteiger partial charge in [0.2, 0.25) is 6.08 Å². The molecule has 3 nitrogen and oxygen atoms in total. The van der Waals surface area contributed by atoms with Gasteiger partial charge in [0.1, 0.15) is 0 Å². The Morgan fingerprint density at radius 3 is 2.90 bits per heavy atom. The quantitative estimate of drug-likeness (QED) is 0.348. The minimum atomic E-state index is 0.106. The van der Waals surface area contributed by atoms with Crippen LogP contribution in [-0.2, 0) is 4.79 Å². The van der Waals surface area contributed by atoms with Gasteiger partial charge in [0.25, 0.3) is 0 Å². The first-order chi connectivity index (χ1) is 4.81. The molecule has 0 rings (SSSR count). The Morgan fingerprint density at radius 2 is 2.40 bits per heavy atom. The summed E-state index contributed by atoms with van der Waals surface area (Å²) in [5.41, 5.74) is 0. The van der Waals surface area contributed by atoms with E-state index in [1.165, 1.54) is 6.08 Å². The minimum Gasteiger partial charge on any atom is -0.229 e. The van der Waals surface area contributed by atoms with E-state index in [9.17, 15) is 4.79 Å². The lowest BCUT2D eigenvalue weighted by molar-refractivity contribution is 0.561. The number of isothiocyanates is 1. The monoisotopic (exact) mass is 156 g/mol. The van der Waals surface area contributed by atoms with Crippen LogP contribution in [0.25, 0.3) is 0 Å². The number of hydrogen-bond acceptors (Lipinski definition) is 4. The van der Waals surface area contributed by atoms with Crippen molar-refractivity contribution in [2.45, 2.75) is 19.4 Å². The normalized spacial score (nSPS) is 10.9. The van der Waals surface area contributed by atoms with Gasteiger partial charge >= 0.3 is 0 Å². The van der Waals surface area contributed by atoms with E-state index in [4.69, 9.17) is 0 Å². The summed E-state index contributed by atoms with van der Waals surface area (Å²) in [6, 6.07) is 0.106. The molecule has 4 heteroatoms. The highest BCUT2D eigenvalue weighted by Gasteiger charge is 1.94. The lowest BCUT2D eigenvalue weighted by Gasteiger charge is -1.97. The number of rotatable bonds is 4. The summed E-state index contributed by atoms with van der Waals surface area (Å²) >= 11 is 4.38. The molecule has 0 N–H and O–H groups in total. The number of thiocarbonyl (C=S) groups is 1. The number of nitrogens with zero attached hydrogens (tertiary/aromatic N) is 2. The summed E-state index contributed by atoms with van der Waals surface area (Å²) in [6.45, 7) is 2.35. The van der Waals surface area contributed by atoms with Gasteiger partial charge in [-0.15, -0.1) is 0 Å². The molecule has 0 amide bonds. The van der Waals surface area contributed by atoms with Crippen molar-refractivity contribution in [3.8, 4) is 0 Å². The smallest absolute Gasteiger partial charge is 0.229 e. The van der Waals surface area contributed by atoms with Crippen molar-refractivity contribution in [3.05, 3.63) is 0 Å². The van der Waals surface area contributed by atoms with Crippen molar-refractivity contribution in [2.24, 2.45) is 9.98 Å². The van der Waals surface area contributed by atoms with E-state index in [0.29, 0.717) is 6.54 Å². The molecule has 0 spiro atoms. The predicted molar refractivity (Wildman–Crippen MR) is 42.1 cm³/mol. The van der Waals surface area contributed by atoms with Crippen LogP contribution in [0.1, 0.15) is 13.3 Å². The van der Waals surface area contributed by atoms with Crippen LogP contribution in [0, 0.1) is 0 Å². The second-order valence-electron chi connectivity index (χ2n) is 1.83. The second-order valence-corrected chi connectivity index (χ2v) is 2.01. The Labute approximate surface area is 64.9 Å². The Kier molecular flexibility index (Phi) is 5.79. The molecular weight excluding hydrogens is 148 g/mol. The highest BCUT2D eigenvalue weighted by molar-refractivity contribution is 7.78. The third-order valence-electron chi connectivity index (χ3n) is 0.996. The second kappa shape index (κ2) is 6.30. The lowest BCUT2D eigenvalue weighted by atomic mass is 10.2. The molecule has 0 aliphatic heterocycles. The predicted octanol–water partition coefficient (Wildman–Crippen LogP) is 1.20. The van der Waals surface area contributed by atoms with Crippen molar-refractivity contribution in [2.75, 3.05) is 6.54 Å². The number of isocyanates is 1. The van der Waals surface area contributed by atoms with Crippen LogP contribution in [0.3, 0.4) is 0 Å². The molecule has 0 saturated carbocycles. The third kappa shape index (κ3) is 5.32. The van der Waals surface area contributed by atoms with Gasteiger partial charge < -0.3 is 0 Å². The molecular formula is C6H8N2OS. The summed E-state index contributed by atoms with van der Waals surface area (Å²) in [5.74, 6) is 0. The van der Waals surface area contributed by atoms with Crippen LogP contribution < -0.4 is 0 Å². The van der Waals surface area contributed by atoms with E-state index in [0.717, 1.165) is 6.42 Å². The van der Waals surface area contributed by atoms with Gasteiger partial charge in [-0.25, -0.2) is 14.8 Å². The van der Waals surface area contributed by atoms with Crippen LogP contribution in [-0.4, -0.2) is 23.8 Å². The first kappa shape index (κ1) is 9.18. The van der Waals surface area contributed by atoms with Crippen molar-refractivity contribution in [1.29, 1.82) is 0 Å². The van der Waals surface area contributed by atoms with Gasteiger partial charge in [-0.3, -0.25) is 0 Å². The van der Waals surface area contributed by atoms with Gasteiger partial charge in [-0.05, 0) is 25.6 Å². The summed E-state index contributed by atoms with van der Waals surface area (Å²) in [5, 5.41) is 2.26. The molecule has 0 aromatic carbocycles. The molecule has 10 heavy (non-hydrogen) atoms. The molecule has 1 unspecified atom stereocenters. The van der Waals surface area contributed by atoms with Crippen molar-refractivity contribution >= 4 is 23.5 Å². The molecule has 0 heterocycles. The standard InChI is InChI=1S/C6H8N2OS/c1-6(8-5-10)2-3-7-4-9/h6H,2-3H2,1H3. The Hall–Kier alpha value is -0.820. The molecule has 1 atom stereocenters. The zero-order valence-corrected chi connectivity index (χ0v) is 6.52. The summed E-state index contributed by atoms with van der Waals surface area (Å²) < 4.78 is 0. The van der Waals surface area contributed by atoms with E-state index in [1.54, 1.807) is 0 Å². The largest absolute Gasteiger partial charge is 0.234 e. The highest BCUT2D eigenvalue weighted by atomic mass is 32.1. The van der Waals surface area contributed by atoms with Crippen molar-refractivity contribution < 1.29 is 4.79 Å². The number of hydrogen-bond donors (Lipinski definition) is 0. The third-order valence-corrected chi connectivity index (χ3v) is 1.10. The van der Waals surface area contributed by atoms with Gasteiger partial charge in [0.05, 0.1) is 17.7 Å². The molecule has 0 aromatic heterocycles. The molecule has 0 aliphatic carbocycles. The Balaban J connectivity index is 3.48. The zero-order chi connectivity index (χ0) is 7.82. The fourth-order valence-corrected chi connectivity index (χ4v) is 0.631. The average Bonchev–Trinajstić information content (AvgIpc) is 1.89. The average molecular weight is 156 g/mol. The topological polar surface area (TPSA) is 41.8 Å². The maximum atomic E-state index is 9.59. The summed E-state index contributed by atoms with van der Waals surface area (Å²) in [6.07, 6.45) is 2.17. The SMILES string of the molecule is CC(CCN=C=O)N=C=S. The summed E-state index contributed by atoms with van der Waals surface area (Å²) in [7, 11) is 0. The van der Waals surface area contributed by atoms with Gasteiger partial charge in [-0.1, -0.05) is 0 Å². The van der Waals surface area contributed by atoms with Gasteiger partial charge in [-0.2, -0.15) is 0 Å². The van der Waals surface area contributed by atoms with Gasteiger partial charge in [0.15, 0.2) is 0 Å². The molecule has 0 saturated heterocycles. The Bertz CT molecular complexity index is 180. The molecule has 0 aliphatic rings. The van der Waals surface area contributed by atoms with Gasteiger partial charge in [0, 0.05) is 0 Å². The Morgan fingerprint density at radius 1 is 1.70 bits per heavy atom. The van der Waals surface area contributed by atoms with Crippen molar-refractivity contribution in [3.63, 3.8) is 0 Å². The number of carbonyl (C=O) groups excluding carboxylic acids is 1. The molecule has 0 fully saturated rings. The van der Waals surface area contributed by atoms with Crippen LogP contribution in [0.2, 0.25) is 0 Å². The van der Waals surface area contributed by atoms with Crippen LogP contribution in [0.15, 0.2) is 9.98 Å². The maximum Gasteiger partial charge on any atom is 0.234 e. The molecule has 0 radical (unpaired) electrons. The van der Waals surface area contributed by atoms with E-state index in [1.807, 2.05) is 6.92 Å². The van der Waals surface area contributed by atoms with E-state index >= 15 is 0 Å². The van der Waals surface area contributed by atoms with Crippen LogP contribution in [0.4, 0.5) is 0 Å². The summed E-state index contributed by atoms with van der Waals surface area (Å²) in [4.78, 5) is 16.7. The van der Waals surface area contributed by atoms with Crippen molar-refractivity contribution in [1.82, 2.24) is 0 Å². The lowest BCUT2D eigenvalue weighted by Crippen LogP contribution is -1.98. The first-order valence-electron chi connectivity index (χ1n) is 2.92. The zero-order valence-electron chi connectivity index (χ0n) is 5.70. The van der Waals surface area contributed by atoms with E-state index in [-0.39, 0.29) is 6.04 Å². The van der Waals surface area contributed by atoms with Crippen LogP contribution >= 0.6 is 12.2 Å². The fourth-order valence-electron chi connectivity index (χ4n) is 0.452. The maximum absolute atomic E-state index is 9.59. The highest BCUT2D eigenvalue weighted by Crippen LogP contribution is 1.94.